The number of anilines is 2. The van der Waals surface area contributed by atoms with Gasteiger partial charge in [-0.3, -0.25) is 0 Å². The fraction of sp³-hybridized carbons (Fsp3) is 0.714. The molecule has 0 radical (unpaired) electrons. The lowest BCUT2D eigenvalue weighted by Gasteiger charge is -2.49. The van der Waals surface area contributed by atoms with Crippen LogP contribution in [0.3, 0.4) is 0 Å². The topological polar surface area (TPSA) is 70.5 Å². The van der Waals surface area contributed by atoms with Crippen LogP contribution in [-0.2, 0) is 4.74 Å². The minimum absolute atomic E-state index is 0.176. The normalized spacial score (nSPS) is 25.0. The second-order valence-corrected chi connectivity index (χ2v) is 6.14. The molecule has 1 aromatic rings. The highest BCUT2D eigenvalue weighted by molar-refractivity contribution is 5.42. The molecule has 0 spiro atoms. The standard InChI is InChI=1S/C14H23FN4O2/c1-13(2)8-19(6-5-14(13,20)9-21-4)12-17-7-10(15)11(16-3)18-12/h7,20H,5-6,8-9H2,1-4H3,(H,16,17,18). The van der Waals surface area contributed by atoms with Gasteiger partial charge in [0.15, 0.2) is 11.6 Å². The van der Waals surface area contributed by atoms with Crippen molar-refractivity contribution >= 4 is 11.8 Å². The van der Waals surface area contributed by atoms with Crippen LogP contribution in [-0.4, -0.2) is 54.5 Å². The van der Waals surface area contributed by atoms with Gasteiger partial charge >= 0.3 is 0 Å². The Bertz CT molecular complexity index is 512. The Hall–Kier alpha value is -1.47. The van der Waals surface area contributed by atoms with Gasteiger partial charge < -0.3 is 20.1 Å². The zero-order chi connectivity index (χ0) is 15.7. The van der Waals surface area contributed by atoms with E-state index in [9.17, 15) is 9.50 Å². The first kappa shape index (κ1) is 15.9. The number of aromatic nitrogens is 2. The van der Waals surface area contributed by atoms with Crippen LogP contribution in [0.1, 0.15) is 20.3 Å². The monoisotopic (exact) mass is 298 g/mol. The average molecular weight is 298 g/mol. The van der Waals surface area contributed by atoms with Gasteiger partial charge in [-0.05, 0) is 6.42 Å². The lowest BCUT2D eigenvalue weighted by Crippen LogP contribution is -2.59. The van der Waals surface area contributed by atoms with Crippen LogP contribution in [0.2, 0.25) is 0 Å². The third-order valence-corrected chi connectivity index (χ3v) is 4.28. The van der Waals surface area contributed by atoms with Crippen molar-refractivity contribution in [2.75, 3.05) is 44.1 Å². The SMILES string of the molecule is CNc1nc(N2CCC(O)(COC)C(C)(C)C2)ncc1F. The van der Waals surface area contributed by atoms with E-state index in [-0.39, 0.29) is 5.82 Å². The fourth-order valence-corrected chi connectivity index (χ4v) is 2.72. The van der Waals surface area contributed by atoms with Crippen molar-refractivity contribution < 1.29 is 14.2 Å². The molecule has 1 aliphatic heterocycles. The van der Waals surface area contributed by atoms with E-state index in [0.29, 0.717) is 32.1 Å². The lowest BCUT2D eigenvalue weighted by atomic mass is 9.70. The molecule has 0 aromatic carbocycles. The Labute approximate surface area is 124 Å². The maximum absolute atomic E-state index is 13.5. The van der Waals surface area contributed by atoms with Crippen molar-refractivity contribution in [1.29, 1.82) is 0 Å². The molecule has 7 heteroatoms. The lowest BCUT2D eigenvalue weighted by molar-refractivity contribution is -0.122. The summed E-state index contributed by atoms with van der Waals surface area (Å²) < 4.78 is 18.6. The minimum Gasteiger partial charge on any atom is -0.387 e. The average Bonchev–Trinajstić information content (AvgIpc) is 2.43. The number of rotatable bonds is 4. The molecule has 0 amide bonds. The Kier molecular flexibility index (Phi) is 4.34. The maximum atomic E-state index is 13.5. The molecule has 0 aliphatic carbocycles. The molecule has 1 aromatic heterocycles. The predicted molar refractivity (Wildman–Crippen MR) is 79.0 cm³/mol. The molecular weight excluding hydrogens is 275 g/mol. The van der Waals surface area contributed by atoms with Crippen molar-refractivity contribution in [1.82, 2.24) is 9.97 Å². The van der Waals surface area contributed by atoms with Crippen molar-refractivity contribution in [2.24, 2.45) is 5.41 Å². The third-order valence-electron chi connectivity index (χ3n) is 4.28. The molecule has 6 nitrogen and oxygen atoms in total. The predicted octanol–water partition coefficient (Wildman–Crippen LogP) is 1.27. The Balaban J connectivity index is 2.22. The quantitative estimate of drug-likeness (QED) is 0.872. The number of nitrogens with zero attached hydrogens (tertiary/aromatic N) is 3. The zero-order valence-corrected chi connectivity index (χ0v) is 13.0. The molecule has 1 aliphatic rings. The summed E-state index contributed by atoms with van der Waals surface area (Å²) in [4.78, 5) is 10.2. The van der Waals surface area contributed by atoms with Crippen LogP contribution in [0.25, 0.3) is 0 Å². The van der Waals surface area contributed by atoms with E-state index in [2.05, 4.69) is 15.3 Å². The van der Waals surface area contributed by atoms with E-state index in [1.807, 2.05) is 18.7 Å². The molecule has 2 rings (SSSR count). The molecule has 118 valence electrons. The summed E-state index contributed by atoms with van der Waals surface area (Å²) in [5.41, 5.74) is -1.27. The molecule has 21 heavy (non-hydrogen) atoms. The summed E-state index contributed by atoms with van der Waals surface area (Å²) >= 11 is 0. The van der Waals surface area contributed by atoms with Gasteiger partial charge in [0.2, 0.25) is 5.95 Å². The maximum Gasteiger partial charge on any atom is 0.227 e. The number of hydrogen-bond donors (Lipinski definition) is 2. The summed E-state index contributed by atoms with van der Waals surface area (Å²) in [7, 11) is 3.20. The Morgan fingerprint density at radius 1 is 1.52 bits per heavy atom. The number of methoxy groups -OCH3 is 1. The van der Waals surface area contributed by atoms with E-state index < -0.39 is 16.8 Å². The molecule has 1 atom stereocenters. The fourth-order valence-electron chi connectivity index (χ4n) is 2.72. The van der Waals surface area contributed by atoms with Gasteiger partial charge in [0.1, 0.15) is 0 Å². The Morgan fingerprint density at radius 2 is 2.24 bits per heavy atom. The van der Waals surface area contributed by atoms with Crippen molar-refractivity contribution in [3.05, 3.63) is 12.0 Å². The summed E-state index contributed by atoms with van der Waals surface area (Å²) in [5, 5.41) is 13.5. The molecular formula is C14H23FN4O2. The van der Waals surface area contributed by atoms with Gasteiger partial charge in [-0.2, -0.15) is 4.98 Å². The summed E-state index contributed by atoms with van der Waals surface area (Å²) in [5.74, 6) is 0.164. The number of nitrogens with one attached hydrogen (secondary N) is 1. The molecule has 2 heterocycles. The molecule has 1 unspecified atom stereocenters. The van der Waals surface area contributed by atoms with Crippen molar-refractivity contribution in [2.45, 2.75) is 25.9 Å². The van der Waals surface area contributed by atoms with Gasteiger partial charge in [0.25, 0.3) is 0 Å². The zero-order valence-electron chi connectivity index (χ0n) is 13.0. The van der Waals surface area contributed by atoms with E-state index in [4.69, 9.17) is 4.74 Å². The first-order chi connectivity index (χ1) is 9.83. The number of hydrogen-bond acceptors (Lipinski definition) is 6. The first-order valence-electron chi connectivity index (χ1n) is 6.99. The largest absolute Gasteiger partial charge is 0.387 e. The molecule has 1 saturated heterocycles. The van der Waals surface area contributed by atoms with Crippen molar-refractivity contribution in [3.63, 3.8) is 0 Å². The van der Waals surface area contributed by atoms with Gasteiger partial charge in [-0.25, -0.2) is 9.37 Å². The van der Waals surface area contributed by atoms with Crippen molar-refractivity contribution in [3.8, 4) is 0 Å². The van der Waals surface area contributed by atoms with Gasteiger partial charge in [-0.1, -0.05) is 13.8 Å². The highest BCUT2D eigenvalue weighted by Crippen LogP contribution is 2.39. The van der Waals surface area contributed by atoms with Gasteiger partial charge in [-0.15, -0.1) is 0 Å². The van der Waals surface area contributed by atoms with Crippen LogP contribution in [0, 0.1) is 11.2 Å². The van der Waals surface area contributed by atoms with E-state index in [1.54, 1.807) is 14.2 Å². The summed E-state index contributed by atoms with van der Waals surface area (Å²) in [6.07, 6.45) is 1.71. The highest BCUT2D eigenvalue weighted by Gasteiger charge is 2.48. The molecule has 2 N–H and O–H groups in total. The summed E-state index contributed by atoms with van der Waals surface area (Å²) in [6, 6.07) is 0. The molecule has 0 bridgehead atoms. The van der Waals surface area contributed by atoms with Gasteiger partial charge in [0.05, 0.1) is 18.4 Å². The van der Waals surface area contributed by atoms with E-state index >= 15 is 0 Å². The number of aliphatic hydroxyl groups is 1. The van der Waals surface area contributed by atoms with Crippen LogP contribution in [0.5, 0.6) is 0 Å². The van der Waals surface area contributed by atoms with Crippen LogP contribution < -0.4 is 10.2 Å². The summed E-state index contributed by atoms with van der Waals surface area (Å²) in [6.45, 7) is 5.43. The smallest absolute Gasteiger partial charge is 0.227 e. The van der Waals surface area contributed by atoms with Crippen LogP contribution in [0.15, 0.2) is 6.20 Å². The first-order valence-corrected chi connectivity index (χ1v) is 6.99. The second-order valence-electron chi connectivity index (χ2n) is 6.14. The van der Waals surface area contributed by atoms with Crippen LogP contribution in [0.4, 0.5) is 16.2 Å². The minimum atomic E-state index is -0.885. The van der Waals surface area contributed by atoms with E-state index in [1.165, 1.54) is 0 Å². The molecule has 1 fully saturated rings. The second kappa shape index (κ2) is 5.73. The van der Waals surface area contributed by atoms with Gasteiger partial charge in [0, 0.05) is 32.7 Å². The number of ether oxygens (including phenoxy) is 1. The number of piperidine rings is 1. The highest BCUT2D eigenvalue weighted by atomic mass is 19.1. The Morgan fingerprint density at radius 3 is 2.81 bits per heavy atom. The molecule has 0 saturated carbocycles. The third kappa shape index (κ3) is 2.94. The number of halogens is 1. The van der Waals surface area contributed by atoms with Crippen LogP contribution >= 0.6 is 0 Å². The van der Waals surface area contributed by atoms with E-state index in [0.717, 1.165) is 6.20 Å².